The average Bonchev–Trinajstić information content (AvgIpc) is 2.57. The first-order valence-electron chi connectivity index (χ1n) is 9.62. The summed E-state index contributed by atoms with van der Waals surface area (Å²) in [5, 5.41) is 6.84. The molecule has 23 heavy (non-hydrogen) atoms. The van der Waals surface area contributed by atoms with Crippen molar-refractivity contribution >= 4 is 5.96 Å². The molecule has 0 saturated carbocycles. The maximum atomic E-state index is 4.73. The first-order chi connectivity index (χ1) is 11.2. The van der Waals surface area contributed by atoms with Gasteiger partial charge in [-0.15, -0.1) is 0 Å². The SMILES string of the molecule is CCNC(=NCC(CC)CC)NCCCCN1CCN(C)CC1. The number of likely N-dealkylation sites (N-methyl/N-ethyl adjacent to an activating group) is 1. The first kappa shape index (κ1) is 20.2. The van der Waals surface area contributed by atoms with Crippen LogP contribution in [-0.2, 0) is 0 Å². The summed E-state index contributed by atoms with van der Waals surface area (Å²) >= 11 is 0. The average molecular weight is 326 g/mol. The van der Waals surface area contributed by atoms with Gasteiger partial charge in [-0.1, -0.05) is 26.7 Å². The quantitative estimate of drug-likeness (QED) is 0.366. The van der Waals surface area contributed by atoms with E-state index in [1.165, 1.54) is 58.4 Å². The van der Waals surface area contributed by atoms with Crippen LogP contribution < -0.4 is 10.6 Å². The third-order valence-electron chi connectivity index (χ3n) is 4.80. The topological polar surface area (TPSA) is 42.9 Å². The number of guanidine groups is 1. The summed E-state index contributed by atoms with van der Waals surface area (Å²) in [7, 11) is 2.21. The Kier molecular flexibility index (Phi) is 11.1. The van der Waals surface area contributed by atoms with Crippen LogP contribution in [0, 0.1) is 5.92 Å². The Bertz CT molecular complexity index is 307. The van der Waals surface area contributed by atoms with Crippen molar-refractivity contribution in [2.24, 2.45) is 10.9 Å². The third kappa shape index (κ3) is 9.16. The van der Waals surface area contributed by atoms with Crippen LogP contribution in [0.5, 0.6) is 0 Å². The fraction of sp³-hybridized carbons (Fsp3) is 0.944. The van der Waals surface area contributed by atoms with Gasteiger partial charge in [0.1, 0.15) is 0 Å². The van der Waals surface area contributed by atoms with Gasteiger partial charge in [0.2, 0.25) is 0 Å². The number of hydrogen-bond donors (Lipinski definition) is 2. The number of unbranched alkanes of at least 4 members (excludes halogenated alkanes) is 1. The Labute approximate surface area is 143 Å². The molecule has 1 aliphatic rings. The van der Waals surface area contributed by atoms with E-state index in [9.17, 15) is 0 Å². The molecule has 5 nitrogen and oxygen atoms in total. The maximum absolute atomic E-state index is 4.73. The second kappa shape index (κ2) is 12.6. The summed E-state index contributed by atoms with van der Waals surface area (Å²) in [6, 6.07) is 0. The molecule has 1 saturated heterocycles. The lowest BCUT2D eigenvalue weighted by Crippen LogP contribution is -2.44. The monoisotopic (exact) mass is 325 g/mol. The van der Waals surface area contributed by atoms with Crippen molar-refractivity contribution in [3.8, 4) is 0 Å². The highest BCUT2D eigenvalue weighted by Gasteiger charge is 2.12. The zero-order valence-electron chi connectivity index (χ0n) is 15.9. The van der Waals surface area contributed by atoms with E-state index in [2.05, 4.69) is 48.3 Å². The van der Waals surface area contributed by atoms with Crippen LogP contribution in [0.2, 0.25) is 0 Å². The molecule has 1 heterocycles. The van der Waals surface area contributed by atoms with Crippen LogP contribution in [0.1, 0.15) is 46.5 Å². The molecule has 0 unspecified atom stereocenters. The smallest absolute Gasteiger partial charge is 0.191 e. The van der Waals surface area contributed by atoms with Crippen molar-refractivity contribution in [3.63, 3.8) is 0 Å². The van der Waals surface area contributed by atoms with Crippen molar-refractivity contribution in [3.05, 3.63) is 0 Å². The molecule has 136 valence electrons. The molecular weight excluding hydrogens is 286 g/mol. The molecule has 0 atom stereocenters. The zero-order chi connectivity index (χ0) is 16.9. The molecular formula is C18H39N5. The Hall–Kier alpha value is -0.810. The van der Waals surface area contributed by atoms with E-state index in [1.54, 1.807) is 0 Å². The molecule has 0 bridgehead atoms. The number of nitrogens with one attached hydrogen (secondary N) is 2. The number of piperazine rings is 1. The van der Waals surface area contributed by atoms with Crippen LogP contribution in [0.15, 0.2) is 4.99 Å². The van der Waals surface area contributed by atoms with E-state index >= 15 is 0 Å². The number of aliphatic imine (C=N–C) groups is 1. The molecule has 0 amide bonds. The fourth-order valence-corrected chi connectivity index (χ4v) is 2.85. The van der Waals surface area contributed by atoms with Crippen LogP contribution in [0.25, 0.3) is 0 Å². The van der Waals surface area contributed by atoms with E-state index < -0.39 is 0 Å². The predicted octanol–water partition coefficient (Wildman–Crippen LogP) is 2.01. The molecule has 1 fully saturated rings. The van der Waals surface area contributed by atoms with Crippen molar-refractivity contribution in [1.82, 2.24) is 20.4 Å². The summed E-state index contributed by atoms with van der Waals surface area (Å²) in [6.45, 7) is 15.6. The lowest BCUT2D eigenvalue weighted by Gasteiger charge is -2.32. The minimum atomic E-state index is 0.711. The van der Waals surface area contributed by atoms with Gasteiger partial charge in [0.15, 0.2) is 5.96 Å². The highest BCUT2D eigenvalue weighted by atomic mass is 15.2. The van der Waals surface area contributed by atoms with Gasteiger partial charge in [0.05, 0.1) is 0 Å². The van der Waals surface area contributed by atoms with E-state index in [0.717, 1.165) is 25.6 Å². The fourth-order valence-electron chi connectivity index (χ4n) is 2.85. The van der Waals surface area contributed by atoms with Gasteiger partial charge in [0.25, 0.3) is 0 Å². The van der Waals surface area contributed by atoms with Crippen molar-refractivity contribution < 1.29 is 0 Å². The lowest BCUT2D eigenvalue weighted by molar-refractivity contribution is 0.152. The summed E-state index contributed by atoms with van der Waals surface area (Å²) < 4.78 is 0. The normalized spacial score (nSPS) is 17.7. The van der Waals surface area contributed by atoms with Crippen molar-refractivity contribution in [2.75, 3.05) is 59.4 Å². The Morgan fingerprint density at radius 1 is 1.00 bits per heavy atom. The number of hydrogen-bond acceptors (Lipinski definition) is 3. The molecule has 0 aliphatic carbocycles. The summed E-state index contributed by atoms with van der Waals surface area (Å²) in [6.07, 6.45) is 4.90. The predicted molar refractivity (Wildman–Crippen MR) is 101 cm³/mol. The second-order valence-electron chi connectivity index (χ2n) is 6.68. The highest BCUT2D eigenvalue weighted by molar-refractivity contribution is 5.79. The molecule has 0 aromatic heterocycles. The molecule has 2 N–H and O–H groups in total. The maximum Gasteiger partial charge on any atom is 0.191 e. The Balaban J connectivity index is 2.15. The molecule has 0 aromatic carbocycles. The Morgan fingerprint density at radius 2 is 1.70 bits per heavy atom. The van der Waals surface area contributed by atoms with Crippen LogP contribution in [-0.4, -0.2) is 75.2 Å². The standard InChI is InChI=1S/C18H39N5/c1-5-17(6-2)16-21-18(19-7-3)20-10-8-9-11-23-14-12-22(4)13-15-23/h17H,5-16H2,1-4H3,(H2,19,20,21). The molecule has 0 aromatic rings. The van der Waals surface area contributed by atoms with E-state index in [4.69, 9.17) is 4.99 Å². The van der Waals surface area contributed by atoms with Gasteiger partial charge in [-0.05, 0) is 39.3 Å². The number of nitrogens with zero attached hydrogens (tertiary/aromatic N) is 3. The highest BCUT2D eigenvalue weighted by Crippen LogP contribution is 2.07. The molecule has 0 radical (unpaired) electrons. The molecule has 1 aliphatic heterocycles. The van der Waals surface area contributed by atoms with Crippen molar-refractivity contribution in [2.45, 2.75) is 46.5 Å². The van der Waals surface area contributed by atoms with Crippen LogP contribution in [0.4, 0.5) is 0 Å². The van der Waals surface area contributed by atoms with E-state index in [-0.39, 0.29) is 0 Å². The lowest BCUT2D eigenvalue weighted by atomic mass is 10.0. The molecule has 0 spiro atoms. The van der Waals surface area contributed by atoms with Gasteiger partial charge >= 0.3 is 0 Å². The number of rotatable bonds is 10. The van der Waals surface area contributed by atoms with Crippen LogP contribution >= 0.6 is 0 Å². The third-order valence-corrected chi connectivity index (χ3v) is 4.80. The largest absolute Gasteiger partial charge is 0.357 e. The minimum Gasteiger partial charge on any atom is -0.357 e. The molecule has 1 rings (SSSR count). The van der Waals surface area contributed by atoms with Gasteiger partial charge in [-0.25, -0.2) is 0 Å². The van der Waals surface area contributed by atoms with E-state index in [1.807, 2.05) is 0 Å². The molecule has 5 heteroatoms. The summed E-state index contributed by atoms with van der Waals surface area (Å²) in [5.74, 6) is 1.70. The summed E-state index contributed by atoms with van der Waals surface area (Å²) in [5.41, 5.74) is 0. The van der Waals surface area contributed by atoms with Gasteiger partial charge in [0, 0.05) is 45.8 Å². The minimum absolute atomic E-state index is 0.711. The Morgan fingerprint density at radius 3 is 2.30 bits per heavy atom. The van der Waals surface area contributed by atoms with Crippen molar-refractivity contribution in [1.29, 1.82) is 0 Å². The second-order valence-corrected chi connectivity index (χ2v) is 6.68. The van der Waals surface area contributed by atoms with Gasteiger partial charge in [-0.3, -0.25) is 4.99 Å². The van der Waals surface area contributed by atoms with E-state index in [0.29, 0.717) is 5.92 Å². The van der Waals surface area contributed by atoms with Crippen LogP contribution in [0.3, 0.4) is 0 Å². The van der Waals surface area contributed by atoms with Gasteiger partial charge < -0.3 is 20.4 Å². The van der Waals surface area contributed by atoms with Gasteiger partial charge in [-0.2, -0.15) is 0 Å². The summed E-state index contributed by atoms with van der Waals surface area (Å²) in [4.78, 5) is 9.73. The zero-order valence-corrected chi connectivity index (χ0v) is 15.9. The first-order valence-corrected chi connectivity index (χ1v) is 9.62.